The molecule has 1 nitrogen and oxygen atoms in total. The topological polar surface area (TPSA) is 23.8 Å². The van der Waals surface area contributed by atoms with Crippen LogP contribution in [0.25, 0.3) is 5.73 Å². The van der Waals surface area contributed by atoms with E-state index in [0.29, 0.717) is 5.92 Å². The Morgan fingerprint density at radius 3 is 1.20 bits per heavy atom. The molecule has 0 fully saturated rings. The Hall–Kier alpha value is 1.60. The van der Waals surface area contributed by atoms with Crippen molar-refractivity contribution >= 4 is 0 Å². The summed E-state index contributed by atoms with van der Waals surface area (Å²) < 4.78 is 0. The molecule has 10 heavy (non-hydrogen) atoms. The van der Waals surface area contributed by atoms with Crippen LogP contribution in [-0.2, 0) is 18.6 Å². The molecule has 0 aliphatic rings. The molecule has 1 N–H and O–H groups in total. The second kappa shape index (κ2) is 16.9. The van der Waals surface area contributed by atoms with Crippen molar-refractivity contribution in [2.75, 3.05) is 0 Å². The van der Waals surface area contributed by atoms with Gasteiger partial charge in [0.1, 0.15) is 0 Å². The van der Waals surface area contributed by atoms with Crippen molar-refractivity contribution < 1.29 is 49.7 Å². The molecule has 0 amide bonds. The molecule has 1 radical (unpaired) electrons. The monoisotopic (exact) mass is 406 g/mol. The first kappa shape index (κ1) is 29.9. The summed E-state index contributed by atoms with van der Waals surface area (Å²) in [5, 5.41) is 0. The average Bonchev–Trinajstić information content (AvgIpc) is 1.36. The first-order valence-corrected chi connectivity index (χ1v) is 2.35. The van der Waals surface area contributed by atoms with Crippen molar-refractivity contribution in [2.45, 2.75) is 34.2 Å². The molecule has 1 atom stereocenters. The fraction of sp³-hybridized carbons (Fsp3) is 0.857. The van der Waals surface area contributed by atoms with E-state index < -0.39 is 0 Å². The number of hydrogen-bond donors (Lipinski definition) is 0. The first-order valence-electron chi connectivity index (χ1n) is 2.35. The molecule has 1 unspecified atom stereocenters. The van der Waals surface area contributed by atoms with Crippen LogP contribution in [0, 0.1) is 44.5 Å². The smallest absolute Gasteiger partial charge is 0 e. The van der Waals surface area contributed by atoms with Crippen LogP contribution in [0.5, 0.6) is 0 Å². The molecule has 0 saturated carbocycles. The summed E-state index contributed by atoms with van der Waals surface area (Å²) in [7, 11) is 0. The maximum absolute atomic E-state index is 7.03. The third-order valence-electron chi connectivity index (χ3n) is 1.00. The number of nitrogens with one attached hydrogen (secondary N) is 1. The third kappa shape index (κ3) is 22.6. The van der Waals surface area contributed by atoms with Gasteiger partial charge in [-0.15, -0.1) is 6.04 Å². The van der Waals surface area contributed by atoms with Gasteiger partial charge < -0.3 is 13.2 Å². The van der Waals surface area contributed by atoms with Crippen molar-refractivity contribution in [1.29, 1.82) is 0 Å². The molecule has 0 aromatic carbocycles. The fourth-order valence-electron chi connectivity index (χ4n) is 0. The first-order chi connectivity index (χ1) is 2.64. The van der Waals surface area contributed by atoms with E-state index in [-0.39, 0.29) is 70.6 Å². The van der Waals surface area contributed by atoms with Crippen LogP contribution in [0.15, 0.2) is 0 Å². The predicted octanol–water partition coefficient (Wildman–Crippen LogP) is 3.17. The standard InChI is InChI=1S/C5H12N.CH4.CH3.U.V/c1-4(2)5(3)6;;;;/h4-6H,1-3H3;1H4;1H3;;/q-1;;-1;;. The van der Waals surface area contributed by atoms with E-state index in [4.69, 9.17) is 5.73 Å². The Bertz CT molecular complexity index is 34.6. The molecular formula is C7H19NUV-2. The third-order valence-corrected chi connectivity index (χ3v) is 1.00. The van der Waals surface area contributed by atoms with Gasteiger partial charge in [-0.05, 0) is 0 Å². The number of rotatable bonds is 1. The Morgan fingerprint density at radius 2 is 1.20 bits per heavy atom. The Kier molecular flexibility index (Phi) is 50.6. The quantitative estimate of drug-likeness (QED) is 0.598. The molecule has 0 rings (SSSR count). The van der Waals surface area contributed by atoms with E-state index in [0.717, 1.165) is 0 Å². The summed E-state index contributed by atoms with van der Waals surface area (Å²) in [6.45, 7) is 6.01. The summed E-state index contributed by atoms with van der Waals surface area (Å²) in [6.07, 6.45) is 0. The Balaban J connectivity index is -0.0000000208. The molecule has 0 heterocycles. The summed E-state index contributed by atoms with van der Waals surface area (Å²) in [6, 6.07) is 0.102. The second-order valence-corrected chi connectivity index (χ2v) is 2.03. The molecule has 0 aliphatic heterocycles. The van der Waals surface area contributed by atoms with Crippen LogP contribution in [0.4, 0.5) is 0 Å². The van der Waals surface area contributed by atoms with E-state index in [2.05, 4.69) is 13.8 Å². The van der Waals surface area contributed by atoms with Gasteiger partial charge in [-0.1, -0.05) is 34.1 Å². The molecular weight excluding hydrogens is 387 g/mol. The zero-order chi connectivity index (χ0) is 5.15. The maximum atomic E-state index is 7.03. The van der Waals surface area contributed by atoms with Gasteiger partial charge in [0.15, 0.2) is 0 Å². The van der Waals surface area contributed by atoms with Crippen molar-refractivity contribution in [3.8, 4) is 0 Å². The van der Waals surface area contributed by atoms with Crippen LogP contribution in [-0.4, -0.2) is 6.04 Å². The van der Waals surface area contributed by atoms with Crippen LogP contribution in [0.1, 0.15) is 28.2 Å². The zero-order valence-corrected chi connectivity index (χ0v) is 12.2. The molecule has 0 bridgehead atoms. The van der Waals surface area contributed by atoms with Crippen LogP contribution in [0.2, 0.25) is 0 Å². The minimum atomic E-state index is 0. The van der Waals surface area contributed by atoms with Gasteiger partial charge in [-0.2, -0.15) is 0 Å². The summed E-state index contributed by atoms with van der Waals surface area (Å²) in [4.78, 5) is 0. The summed E-state index contributed by atoms with van der Waals surface area (Å²) in [5.74, 6) is 0.519. The van der Waals surface area contributed by atoms with Crippen molar-refractivity contribution in [3.05, 3.63) is 13.2 Å². The summed E-state index contributed by atoms with van der Waals surface area (Å²) in [5.41, 5.74) is 7.03. The van der Waals surface area contributed by atoms with Crippen LogP contribution >= 0.6 is 0 Å². The van der Waals surface area contributed by atoms with Crippen molar-refractivity contribution in [2.24, 2.45) is 5.92 Å². The predicted molar refractivity (Wildman–Crippen MR) is 41.8 cm³/mol. The van der Waals surface area contributed by atoms with Gasteiger partial charge in [-0.25, -0.2) is 0 Å². The normalized spacial score (nSPS) is 9.30. The van der Waals surface area contributed by atoms with E-state index in [1.165, 1.54) is 0 Å². The van der Waals surface area contributed by atoms with E-state index in [1.54, 1.807) is 0 Å². The van der Waals surface area contributed by atoms with Gasteiger partial charge in [0.25, 0.3) is 0 Å². The van der Waals surface area contributed by atoms with E-state index in [9.17, 15) is 0 Å². The minimum Gasteiger partial charge on any atom is -0.675 e. The fourth-order valence-corrected chi connectivity index (χ4v) is 0. The average molecular weight is 406 g/mol. The van der Waals surface area contributed by atoms with Gasteiger partial charge in [-0.3, -0.25) is 0 Å². The van der Waals surface area contributed by atoms with Gasteiger partial charge >= 0.3 is 0 Å². The SMILES string of the molecule is C.CC(C)C(C)[NH-].[CH3-].[U].[V]. The Morgan fingerprint density at radius 1 is 1.10 bits per heavy atom. The van der Waals surface area contributed by atoms with Gasteiger partial charge in [0, 0.05) is 49.7 Å². The zero-order valence-electron chi connectivity index (χ0n) is 6.60. The second-order valence-electron chi connectivity index (χ2n) is 2.03. The molecule has 0 aliphatic carbocycles. The molecule has 63 valence electrons. The molecule has 0 aromatic heterocycles. The Labute approximate surface area is 102 Å². The van der Waals surface area contributed by atoms with Crippen LogP contribution in [0.3, 0.4) is 0 Å². The maximum Gasteiger partial charge on any atom is 0 e. The molecule has 0 aromatic rings. The van der Waals surface area contributed by atoms with Gasteiger partial charge in [0.2, 0.25) is 0 Å². The largest absolute Gasteiger partial charge is 0.675 e. The molecule has 3 heteroatoms. The van der Waals surface area contributed by atoms with E-state index in [1.807, 2.05) is 6.92 Å². The number of hydrogen-bond acceptors (Lipinski definition) is 0. The van der Waals surface area contributed by atoms with Crippen molar-refractivity contribution in [3.63, 3.8) is 0 Å². The molecule has 0 saturated heterocycles. The minimum absolute atomic E-state index is 0. The summed E-state index contributed by atoms with van der Waals surface area (Å²) >= 11 is 0. The molecule has 0 spiro atoms. The van der Waals surface area contributed by atoms with Crippen molar-refractivity contribution in [1.82, 2.24) is 0 Å². The van der Waals surface area contributed by atoms with Crippen LogP contribution < -0.4 is 0 Å². The van der Waals surface area contributed by atoms with E-state index >= 15 is 0 Å². The van der Waals surface area contributed by atoms with Gasteiger partial charge in [0.05, 0.1) is 0 Å².